The van der Waals surface area contributed by atoms with Crippen molar-refractivity contribution in [2.24, 2.45) is 0 Å². The molecule has 0 aliphatic carbocycles. The van der Waals surface area contributed by atoms with Crippen molar-refractivity contribution >= 4 is 23.1 Å². The van der Waals surface area contributed by atoms with Crippen LogP contribution in [0.2, 0.25) is 0 Å². The van der Waals surface area contributed by atoms with Crippen LogP contribution in [-0.2, 0) is 0 Å². The summed E-state index contributed by atoms with van der Waals surface area (Å²) in [5.74, 6) is -0.226. The Morgan fingerprint density at radius 3 is 2.00 bits per heavy atom. The molecule has 0 heterocycles. The van der Waals surface area contributed by atoms with E-state index in [0.717, 1.165) is 0 Å². The summed E-state index contributed by atoms with van der Waals surface area (Å²) in [6.07, 6.45) is -4.61. The first-order valence-electron chi connectivity index (χ1n) is 2.80. The third-order valence-electron chi connectivity index (χ3n) is 0.921. The topological polar surface area (TPSA) is 9.23 Å². The Balaban J connectivity index is 0. The fourth-order valence-electron chi connectivity index (χ4n) is 0.573. The predicted molar refractivity (Wildman–Crippen MR) is 37.7 cm³/mol. The normalized spacial score (nSPS) is 9.46. The maximum absolute atomic E-state index is 11.5. The van der Waals surface area contributed by atoms with Crippen molar-refractivity contribution in [2.45, 2.75) is 6.36 Å². The van der Waals surface area contributed by atoms with Crippen LogP contribution in [0.4, 0.5) is 13.2 Å². The van der Waals surface area contributed by atoms with Crippen LogP contribution >= 0.6 is 0 Å². The Hall–Kier alpha value is 0.0562. The summed E-state index contributed by atoms with van der Waals surface area (Å²) < 4.78 is 38.1. The standard InChI is InChI=1S/C7H4F3O.BrH.Mg/c8-7(9,10)11-6-4-2-1-3-5-6;;/h2-5H;1H;/q-1;;+2/p-1. The molecule has 0 spiro atoms. The minimum absolute atomic E-state index is 0. The van der Waals surface area contributed by atoms with Crippen molar-refractivity contribution in [2.75, 3.05) is 0 Å². The van der Waals surface area contributed by atoms with Gasteiger partial charge < -0.3 is 21.7 Å². The second kappa shape index (κ2) is 6.50. The summed E-state index contributed by atoms with van der Waals surface area (Å²) in [6.45, 7) is 0. The van der Waals surface area contributed by atoms with Gasteiger partial charge in [-0.1, -0.05) is 0 Å². The summed E-state index contributed by atoms with van der Waals surface area (Å²) in [4.78, 5) is 0. The summed E-state index contributed by atoms with van der Waals surface area (Å²) in [6, 6.07) is 7.64. The molecule has 0 unspecified atom stereocenters. The Morgan fingerprint density at radius 2 is 1.62 bits per heavy atom. The SMILES string of the molecule is FC(F)(F)Oc1cc[c-]cc1.[Br-].[Mg+2]. The van der Waals surface area contributed by atoms with Crippen molar-refractivity contribution in [1.82, 2.24) is 0 Å². The molecule has 1 nitrogen and oxygen atoms in total. The Morgan fingerprint density at radius 1 is 1.15 bits per heavy atom. The van der Waals surface area contributed by atoms with Gasteiger partial charge in [-0.3, -0.25) is 0 Å². The number of benzene rings is 1. The summed E-state index contributed by atoms with van der Waals surface area (Å²) >= 11 is 0. The maximum Gasteiger partial charge on any atom is 2.00 e. The number of ether oxygens (including phenoxy) is 1. The first-order chi connectivity index (χ1) is 5.08. The average molecular weight is 265 g/mol. The number of hydrogen-bond acceptors (Lipinski definition) is 1. The molecule has 0 saturated heterocycles. The molecule has 0 aromatic heterocycles. The van der Waals surface area contributed by atoms with Crippen LogP contribution in [0.5, 0.6) is 5.75 Å². The quantitative estimate of drug-likeness (QED) is 0.468. The number of rotatable bonds is 1. The summed E-state index contributed by atoms with van der Waals surface area (Å²) in [5.41, 5.74) is 0. The molecular formula is C7H4BrF3MgO. The molecule has 1 aromatic carbocycles. The van der Waals surface area contributed by atoms with Gasteiger partial charge in [-0.25, -0.2) is 0 Å². The molecule has 6 heteroatoms. The number of halogens is 4. The Kier molecular flexibility index (Phi) is 7.76. The van der Waals surface area contributed by atoms with Gasteiger partial charge in [-0.15, -0.1) is 25.3 Å². The van der Waals surface area contributed by atoms with Gasteiger partial charge in [-0.2, -0.15) is 18.2 Å². The van der Waals surface area contributed by atoms with Crippen LogP contribution < -0.4 is 21.7 Å². The average Bonchev–Trinajstić information content (AvgIpc) is 1.85. The van der Waals surface area contributed by atoms with E-state index in [1.165, 1.54) is 24.3 Å². The Bertz CT molecular complexity index is 227. The van der Waals surface area contributed by atoms with Crippen molar-refractivity contribution in [3.05, 3.63) is 30.3 Å². The van der Waals surface area contributed by atoms with E-state index < -0.39 is 6.36 Å². The largest absolute Gasteiger partial charge is 2.00 e. The van der Waals surface area contributed by atoms with Crippen LogP contribution in [0.3, 0.4) is 0 Å². The maximum atomic E-state index is 11.5. The molecule has 0 N–H and O–H groups in total. The fourth-order valence-corrected chi connectivity index (χ4v) is 0.573. The van der Waals surface area contributed by atoms with E-state index in [1.807, 2.05) is 0 Å². The van der Waals surface area contributed by atoms with E-state index in [9.17, 15) is 13.2 Å². The van der Waals surface area contributed by atoms with Crippen molar-refractivity contribution in [1.29, 1.82) is 0 Å². The van der Waals surface area contributed by atoms with Crippen LogP contribution in [-0.4, -0.2) is 29.4 Å². The van der Waals surface area contributed by atoms with Gasteiger partial charge >= 0.3 is 29.4 Å². The van der Waals surface area contributed by atoms with Crippen LogP contribution in [0.1, 0.15) is 0 Å². The molecule has 0 amide bonds. The van der Waals surface area contributed by atoms with E-state index in [-0.39, 0.29) is 45.8 Å². The minimum Gasteiger partial charge on any atom is -1.00 e. The monoisotopic (exact) mass is 264 g/mol. The van der Waals surface area contributed by atoms with E-state index in [0.29, 0.717) is 0 Å². The van der Waals surface area contributed by atoms with E-state index >= 15 is 0 Å². The molecule has 1 aromatic rings. The van der Waals surface area contributed by atoms with Gasteiger partial charge in [0.15, 0.2) is 0 Å². The van der Waals surface area contributed by atoms with E-state index in [2.05, 4.69) is 10.8 Å². The molecule has 0 aliphatic heterocycles. The van der Waals surface area contributed by atoms with Crippen molar-refractivity contribution in [3.63, 3.8) is 0 Å². The van der Waals surface area contributed by atoms with Gasteiger partial charge in [0, 0.05) is 5.75 Å². The van der Waals surface area contributed by atoms with Gasteiger partial charge in [0.2, 0.25) is 0 Å². The molecular weight excluding hydrogens is 261 g/mol. The zero-order chi connectivity index (χ0) is 8.32. The molecule has 0 bridgehead atoms. The molecule has 1 rings (SSSR count). The Labute approximate surface area is 100 Å². The third kappa shape index (κ3) is 7.15. The summed E-state index contributed by atoms with van der Waals surface area (Å²) in [7, 11) is 0. The molecule has 68 valence electrons. The first-order valence-corrected chi connectivity index (χ1v) is 2.80. The molecule has 0 fully saturated rings. The van der Waals surface area contributed by atoms with Crippen LogP contribution in [0.25, 0.3) is 0 Å². The molecule has 13 heavy (non-hydrogen) atoms. The molecule has 0 atom stereocenters. The van der Waals surface area contributed by atoms with Gasteiger partial charge in [0.25, 0.3) is 0 Å². The second-order valence-electron chi connectivity index (χ2n) is 1.78. The summed E-state index contributed by atoms with van der Waals surface area (Å²) in [5, 5.41) is 0. The van der Waals surface area contributed by atoms with Crippen molar-refractivity contribution < 1.29 is 34.9 Å². The zero-order valence-corrected chi connectivity index (χ0v) is 9.44. The van der Waals surface area contributed by atoms with E-state index in [4.69, 9.17) is 0 Å². The smallest absolute Gasteiger partial charge is 1.00 e. The third-order valence-corrected chi connectivity index (χ3v) is 0.921. The molecule has 0 aliphatic rings. The van der Waals surface area contributed by atoms with Crippen molar-refractivity contribution in [3.8, 4) is 5.75 Å². The van der Waals surface area contributed by atoms with Gasteiger partial charge in [0.1, 0.15) is 0 Å². The number of hydrogen-bond donors (Lipinski definition) is 0. The predicted octanol–water partition coefficient (Wildman–Crippen LogP) is -0.991. The van der Waals surface area contributed by atoms with E-state index in [1.54, 1.807) is 0 Å². The molecule has 0 radical (unpaired) electrons. The fraction of sp³-hybridized carbons (Fsp3) is 0.143. The first kappa shape index (κ1) is 15.5. The van der Waals surface area contributed by atoms with Gasteiger partial charge in [0.05, 0.1) is 0 Å². The van der Waals surface area contributed by atoms with Gasteiger partial charge in [-0.05, 0) is 0 Å². The minimum atomic E-state index is -4.61. The van der Waals surface area contributed by atoms with Crippen LogP contribution in [0.15, 0.2) is 24.3 Å². The second-order valence-corrected chi connectivity index (χ2v) is 1.78. The number of alkyl halides is 3. The van der Waals surface area contributed by atoms with Crippen LogP contribution in [0, 0.1) is 6.07 Å². The zero-order valence-electron chi connectivity index (χ0n) is 6.44. The molecule has 0 saturated carbocycles.